The van der Waals surface area contributed by atoms with Crippen LogP contribution in [0.25, 0.3) is 10.9 Å². The molecule has 1 aromatic heterocycles. The summed E-state index contributed by atoms with van der Waals surface area (Å²) in [5.41, 5.74) is 1.27. The van der Waals surface area contributed by atoms with Gasteiger partial charge in [0.1, 0.15) is 5.82 Å². The van der Waals surface area contributed by atoms with Gasteiger partial charge in [-0.15, -0.1) is 0 Å². The highest BCUT2D eigenvalue weighted by atomic mass is 35.5. The molecule has 1 fully saturated rings. The minimum absolute atomic E-state index is 0.0139. The molecule has 0 radical (unpaired) electrons. The molecule has 0 saturated heterocycles. The fourth-order valence-corrected chi connectivity index (χ4v) is 3.76. The monoisotopic (exact) mass is 389 g/mol. The van der Waals surface area contributed by atoms with Gasteiger partial charge in [-0.05, 0) is 43.0 Å². The second-order valence-corrected chi connectivity index (χ2v) is 7.42. The number of aromatic nitrogens is 1. The number of carboxylic acids is 1. The Labute approximate surface area is 163 Å². The molecule has 27 heavy (non-hydrogen) atoms. The third kappa shape index (κ3) is 5.32. The van der Waals surface area contributed by atoms with Crippen molar-refractivity contribution in [3.8, 4) is 0 Å². The van der Waals surface area contributed by atoms with E-state index in [1.165, 1.54) is 19.3 Å². The lowest BCUT2D eigenvalue weighted by Gasteiger charge is -2.21. The molecule has 2 aromatic rings. The zero-order valence-electron chi connectivity index (χ0n) is 15.1. The molecule has 0 atom stereocenters. The molecule has 7 heteroatoms. The first-order valence-electron chi connectivity index (χ1n) is 9.37. The van der Waals surface area contributed by atoms with E-state index in [0.717, 1.165) is 18.2 Å². The molecule has 1 heterocycles. The first-order chi connectivity index (χ1) is 13.0. The molecule has 1 amide bonds. The number of rotatable bonds is 7. The number of nitrogens with one attached hydrogen (secondary N) is 2. The fourth-order valence-electron chi connectivity index (χ4n) is 3.54. The molecule has 0 aliphatic heterocycles. The maximum atomic E-state index is 12.5. The van der Waals surface area contributed by atoms with Crippen LogP contribution in [-0.2, 0) is 9.59 Å². The van der Waals surface area contributed by atoms with Crippen LogP contribution >= 0.6 is 11.6 Å². The standard InChI is InChI=1S/C20H24ClN3O3/c21-15-7-8-16-14(6-9-17(23-16)22-11-10-19(26)27)20(15)24-18(25)12-13-4-2-1-3-5-13/h6-9,13H,1-5,10-12H2,(H,22,23)(H,24,25)(H,26,27). The molecular weight excluding hydrogens is 366 g/mol. The number of halogens is 1. The predicted molar refractivity (Wildman–Crippen MR) is 107 cm³/mol. The minimum atomic E-state index is -0.863. The molecule has 6 nitrogen and oxygen atoms in total. The number of nitrogens with zero attached hydrogens (tertiary/aromatic N) is 1. The molecular formula is C20H24ClN3O3. The number of carbonyl (C=O) groups is 2. The van der Waals surface area contributed by atoms with Crippen LogP contribution in [0.3, 0.4) is 0 Å². The lowest BCUT2D eigenvalue weighted by Crippen LogP contribution is -2.18. The van der Waals surface area contributed by atoms with Crippen molar-refractivity contribution in [2.45, 2.75) is 44.9 Å². The molecule has 0 unspecified atom stereocenters. The Morgan fingerprint density at radius 2 is 1.93 bits per heavy atom. The van der Waals surface area contributed by atoms with Crippen LogP contribution in [0.2, 0.25) is 5.02 Å². The summed E-state index contributed by atoms with van der Waals surface area (Å²) < 4.78 is 0. The summed E-state index contributed by atoms with van der Waals surface area (Å²) in [6.45, 7) is 0.298. The molecule has 0 bridgehead atoms. The summed E-state index contributed by atoms with van der Waals surface area (Å²) in [4.78, 5) is 27.6. The van der Waals surface area contributed by atoms with E-state index in [0.29, 0.717) is 40.9 Å². The van der Waals surface area contributed by atoms with Crippen molar-refractivity contribution in [3.63, 3.8) is 0 Å². The van der Waals surface area contributed by atoms with Crippen LogP contribution in [0, 0.1) is 5.92 Å². The van der Waals surface area contributed by atoms with Crippen LogP contribution in [-0.4, -0.2) is 28.5 Å². The Hall–Kier alpha value is -2.34. The van der Waals surface area contributed by atoms with Gasteiger partial charge in [-0.2, -0.15) is 0 Å². The number of carbonyl (C=O) groups excluding carboxylic acids is 1. The Morgan fingerprint density at radius 3 is 2.67 bits per heavy atom. The number of benzene rings is 1. The van der Waals surface area contributed by atoms with Crippen molar-refractivity contribution in [1.82, 2.24) is 4.98 Å². The molecule has 3 rings (SSSR count). The summed E-state index contributed by atoms with van der Waals surface area (Å²) in [7, 11) is 0. The fraction of sp³-hybridized carbons (Fsp3) is 0.450. The minimum Gasteiger partial charge on any atom is -0.481 e. The Balaban J connectivity index is 1.72. The van der Waals surface area contributed by atoms with Gasteiger partial charge in [-0.25, -0.2) is 4.98 Å². The summed E-state index contributed by atoms with van der Waals surface area (Å²) >= 11 is 6.32. The Kier molecular flexibility index (Phi) is 6.50. The van der Waals surface area contributed by atoms with Gasteiger partial charge in [0, 0.05) is 18.4 Å². The van der Waals surface area contributed by atoms with E-state index in [1.807, 2.05) is 6.07 Å². The second kappa shape index (κ2) is 9.04. The van der Waals surface area contributed by atoms with Crippen LogP contribution < -0.4 is 10.6 Å². The molecule has 3 N–H and O–H groups in total. The van der Waals surface area contributed by atoms with Crippen LogP contribution in [0.1, 0.15) is 44.9 Å². The van der Waals surface area contributed by atoms with Crippen molar-refractivity contribution in [2.24, 2.45) is 5.92 Å². The predicted octanol–water partition coefficient (Wildman–Crippen LogP) is 4.68. The maximum Gasteiger partial charge on any atom is 0.305 e. The molecule has 0 spiro atoms. The van der Waals surface area contributed by atoms with Gasteiger partial charge >= 0.3 is 5.97 Å². The van der Waals surface area contributed by atoms with E-state index < -0.39 is 5.97 Å². The van der Waals surface area contributed by atoms with Gasteiger partial charge < -0.3 is 15.7 Å². The van der Waals surface area contributed by atoms with Crippen molar-refractivity contribution in [2.75, 3.05) is 17.2 Å². The number of hydrogen-bond donors (Lipinski definition) is 3. The Bertz CT molecular complexity index is 835. The molecule has 1 aromatic carbocycles. The summed E-state index contributed by atoms with van der Waals surface area (Å²) in [6.07, 6.45) is 6.44. The van der Waals surface area contributed by atoms with E-state index in [4.69, 9.17) is 16.7 Å². The topological polar surface area (TPSA) is 91.3 Å². The lowest BCUT2D eigenvalue weighted by atomic mass is 9.87. The van der Waals surface area contributed by atoms with Crippen LogP contribution in [0.5, 0.6) is 0 Å². The molecule has 1 saturated carbocycles. The molecule has 144 valence electrons. The largest absolute Gasteiger partial charge is 0.481 e. The average molecular weight is 390 g/mol. The van der Waals surface area contributed by atoms with E-state index in [1.54, 1.807) is 18.2 Å². The van der Waals surface area contributed by atoms with Gasteiger partial charge in [0.2, 0.25) is 5.91 Å². The maximum absolute atomic E-state index is 12.5. The summed E-state index contributed by atoms with van der Waals surface area (Å²) in [5.74, 6) is 0.166. The second-order valence-electron chi connectivity index (χ2n) is 7.01. The normalized spacial score (nSPS) is 14.9. The number of anilines is 2. The van der Waals surface area contributed by atoms with Crippen molar-refractivity contribution in [3.05, 3.63) is 29.3 Å². The van der Waals surface area contributed by atoms with Gasteiger partial charge in [0.15, 0.2) is 0 Å². The highest BCUT2D eigenvalue weighted by Gasteiger charge is 2.18. The SMILES string of the molecule is O=C(O)CCNc1ccc2c(NC(=O)CC3CCCCC3)c(Cl)ccc2n1. The summed E-state index contributed by atoms with van der Waals surface area (Å²) in [6, 6.07) is 7.11. The van der Waals surface area contributed by atoms with Crippen molar-refractivity contribution < 1.29 is 14.7 Å². The van der Waals surface area contributed by atoms with Crippen molar-refractivity contribution in [1.29, 1.82) is 0 Å². The zero-order chi connectivity index (χ0) is 19.2. The van der Waals surface area contributed by atoms with Gasteiger partial charge in [-0.3, -0.25) is 9.59 Å². The van der Waals surface area contributed by atoms with Gasteiger partial charge in [-0.1, -0.05) is 30.9 Å². The Morgan fingerprint density at radius 1 is 1.15 bits per heavy atom. The van der Waals surface area contributed by atoms with E-state index in [9.17, 15) is 9.59 Å². The van der Waals surface area contributed by atoms with Crippen molar-refractivity contribution >= 4 is 45.9 Å². The number of aliphatic carboxylic acids is 1. The van der Waals surface area contributed by atoms with E-state index in [2.05, 4.69) is 15.6 Å². The third-order valence-electron chi connectivity index (χ3n) is 4.93. The number of carboxylic acid groups (broad SMARTS) is 1. The van der Waals surface area contributed by atoms with Gasteiger partial charge in [0.05, 0.1) is 22.6 Å². The molecule has 1 aliphatic carbocycles. The highest BCUT2D eigenvalue weighted by molar-refractivity contribution is 6.35. The smallest absolute Gasteiger partial charge is 0.305 e. The quantitative estimate of drug-likeness (QED) is 0.639. The number of amides is 1. The van der Waals surface area contributed by atoms with Crippen LogP contribution in [0.15, 0.2) is 24.3 Å². The average Bonchev–Trinajstić information content (AvgIpc) is 2.64. The lowest BCUT2D eigenvalue weighted by molar-refractivity contribution is -0.136. The van der Waals surface area contributed by atoms with E-state index >= 15 is 0 Å². The third-order valence-corrected chi connectivity index (χ3v) is 5.24. The first kappa shape index (κ1) is 19.4. The van der Waals surface area contributed by atoms with Crippen LogP contribution in [0.4, 0.5) is 11.5 Å². The van der Waals surface area contributed by atoms with Gasteiger partial charge in [0.25, 0.3) is 0 Å². The highest BCUT2D eigenvalue weighted by Crippen LogP contribution is 2.32. The summed E-state index contributed by atoms with van der Waals surface area (Å²) in [5, 5.41) is 15.9. The number of fused-ring (bicyclic) bond motifs is 1. The zero-order valence-corrected chi connectivity index (χ0v) is 15.9. The number of pyridine rings is 1. The first-order valence-corrected chi connectivity index (χ1v) is 9.75. The van der Waals surface area contributed by atoms with E-state index in [-0.39, 0.29) is 12.3 Å². The number of hydrogen-bond acceptors (Lipinski definition) is 4. The molecule has 1 aliphatic rings.